The molecule has 0 spiro atoms. The smallest absolute Gasteiger partial charge is 0.358 e. The van der Waals surface area contributed by atoms with Gasteiger partial charge in [0.25, 0.3) is 0 Å². The maximum atomic E-state index is 12.0. The summed E-state index contributed by atoms with van der Waals surface area (Å²) in [6.45, 7) is 1.54. The predicted molar refractivity (Wildman–Crippen MR) is 65.5 cm³/mol. The molecule has 1 N–H and O–H groups in total. The van der Waals surface area contributed by atoms with Crippen LogP contribution in [0.3, 0.4) is 0 Å². The Morgan fingerprint density at radius 1 is 1.39 bits per heavy atom. The fraction of sp³-hybridized carbons (Fsp3) is 0.600. The fourth-order valence-corrected chi connectivity index (χ4v) is 2.59. The molecule has 0 unspecified atom stereocenters. The second-order valence-corrected chi connectivity index (χ2v) is 5.18. The molecule has 1 amide bonds. The molecule has 1 saturated heterocycles. The molecule has 8 heteroatoms. The summed E-state index contributed by atoms with van der Waals surface area (Å²) in [6.07, 6.45) is 2.26. The second kappa shape index (κ2) is 5.85. The molecule has 1 fully saturated rings. The molecular formula is C10H14N4O3S. The summed E-state index contributed by atoms with van der Waals surface area (Å²) < 4.78 is 1.27. The average Bonchev–Trinajstić information content (AvgIpc) is 2.64. The van der Waals surface area contributed by atoms with Crippen molar-refractivity contribution < 1.29 is 14.7 Å². The number of carbonyl (C=O) groups is 2. The molecule has 18 heavy (non-hydrogen) atoms. The summed E-state index contributed by atoms with van der Waals surface area (Å²) in [6, 6.07) is 0. The highest BCUT2D eigenvalue weighted by atomic mass is 32.2. The van der Waals surface area contributed by atoms with Crippen LogP contribution in [0.25, 0.3) is 0 Å². The van der Waals surface area contributed by atoms with Gasteiger partial charge in [-0.15, -0.1) is 5.10 Å². The van der Waals surface area contributed by atoms with Crippen LogP contribution in [0.2, 0.25) is 0 Å². The zero-order chi connectivity index (χ0) is 13.0. The molecule has 0 radical (unpaired) electrons. The molecule has 0 aromatic carbocycles. The largest absolute Gasteiger partial charge is 0.476 e. The van der Waals surface area contributed by atoms with Crippen LogP contribution in [-0.4, -0.2) is 61.5 Å². The van der Waals surface area contributed by atoms with Crippen LogP contribution in [0.15, 0.2) is 6.20 Å². The van der Waals surface area contributed by atoms with Gasteiger partial charge in [0, 0.05) is 18.8 Å². The molecule has 1 aromatic rings. The van der Waals surface area contributed by atoms with Crippen LogP contribution in [0.5, 0.6) is 0 Å². The number of rotatable bonds is 3. The number of amides is 1. The summed E-state index contributed by atoms with van der Waals surface area (Å²) in [5.41, 5.74) is -0.144. The number of hydrogen-bond acceptors (Lipinski definition) is 5. The van der Waals surface area contributed by atoms with E-state index in [1.165, 1.54) is 10.9 Å². The van der Waals surface area contributed by atoms with Crippen molar-refractivity contribution in [2.24, 2.45) is 0 Å². The molecule has 0 atom stereocenters. The Labute approximate surface area is 108 Å². The minimum Gasteiger partial charge on any atom is -0.476 e. The highest BCUT2D eigenvalue weighted by Gasteiger charge is 2.17. The maximum absolute atomic E-state index is 12.0. The van der Waals surface area contributed by atoms with E-state index in [-0.39, 0.29) is 18.1 Å². The first-order valence-corrected chi connectivity index (χ1v) is 6.81. The summed E-state index contributed by atoms with van der Waals surface area (Å²) in [7, 11) is 0. The van der Waals surface area contributed by atoms with Crippen molar-refractivity contribution in [3.05, 3.63) is 11.9 Å². The Morgan fingerprint density at radius 2 is 2.22 bits per heavy atom. The third-order valence-electron chi connectivity index (χ3n) is 2.63. The van der Waals surface area contributed by atoms with Gasteiger partial charge in [-0.2, -0.15) is 11.8 Å². The average molecular weight is 270 g/mol. The highest BCUT2D eigenvalue weighted by Crippen LogP contribution is 2.10. The van der Waals surface area contributed by atoms with Crippen molar-refractivity contribution in [3.8, 4) is 0 Å². The standard InChI is InChI=1S/C10H14N4O3S/c15-9(13-2-1-4-18-5-3-13)7-14-6-8(10(16)17)11-12-14/h6H,1-5,7H2,(H,16,17). The Hall–Kier alpha value is -1.57. The molecule has 7 nitrogen and oxygen atoms in total. The van der Waals surface area contributed by atoms with Crippen molar-refractivity contribution in [2.75, 3.05) is 24.6 Å². The number of aromatic carboxylic acids is 1. The third kappa shape index (κ3) is 3.22. The first-order chi connectivity index (χ1) is 8.66. The van der Waals surface area contributed by atoms with Crippen molar-refractivity contribution in [1.29, 1.82) is 0 Å². The normalized spacial score (nSPS) is 16.3. The van der Waals surface area contributed by atoms with Gasteiger partial charge in [0.1, 0.15) is 6.54 Å². The van der Waals surface area contributed by atoms with Crippen LogP contribution in [-0.2, 0) is 11.3 Å². The van der Waals surface area contributed by atoms with E-state index in [0.29, 0.717) is 0 Å². The van der Waals surface area contributed by atoms with Crippen molar-refractivity contribution in [1.82, 2.24) is 19.9 Å². The third-order valence-corrected chi connectivity index (χ3v) is 3.68. The van der Waals surface area contributed by atoms with E-state index >= 15 is 0 Å². The van der Waals surface area contributed by atoms with Gasteiger partial charge in [-0.05, 0) is 12.2 Å². The van der Waals surface area contributed by atoms with Crippen LogP contribution >= 0.6 is 11.8 Å². The summed E-state index contributed by atoms with van der Waals surface area (Å²) in [5, 5.41) is 15.8. The van der Waals surface area contributed by atoms with Crippen LogP contribution < -0.4 is 0 Å². The topological polar surface area (TPSA) is 88.3 Å². The lowest BCUT2D eigenvalue weighted by Gasteiger charge is -2.19. The van der Waals surface area contributed by atoms with Gasteiger partial charge in [0.05, 0.1) is 6.20 Å². The van der Waals surface area contributed by atoms with Gasteiger partial charge >= 0.3 is 5.97 Å². The zero-order valence-electron chi connectivity index (χ0n) is 9.78. The number of carboxylic acids is 1. The van der Waals surface area contributed by atoms with E-state index in [9.17, 15) is 9.59 Å². The van der Waals surface area contributed by atoms with Crippen molar-refractivity contribution in [3.63, 3.8) is 0 Å². The molecule has 2 rings (SSSR count). The number of nitrogens with zero attached hydrogens (tertiary/aromatic N) is 4. The summed E-state index contributed by atoms with van der Waals surface area (Å²) >= 11 is 1.84. The molecule has 1 aromatic heterocycles. The van der Waals surface area contributed by atoms with Gasteiger partial charge in [-0.3, -0.25) is 4.79 Å². The minimum absolute atomic E-state index is 0.0423. The summed E-state index contributed by atoms with van der Waals surface area (Å²) in [4.78, 5) is 24.4. The Balaban J connectivity index is 1.94. The lowest BCUT2D eigenvalue weighted by Crippen LogP contribution is -2.35. The van der Waals surface area contributed by atoms with E-state index in [2.05, 4.69) is 10.3 Å². The molecule has 98 valence electrons. The van der Waals surface area contributed by atoms with Gasteiger partial charge in [-0.1, -0.05) is 5.21 Å². The second-order valence-electron chi connectivity index (χ2n) is 3.95. The number of aromatic nitrogens is 3. The number of hydrogen-bond donors (Lipinski definition) is 1. The van der Waals surface area contributed by atoms with Gasteiger partial charge in [-0.25, -0.2) is 9.48 Å². The molecule has 0 saturated carbocycles. The SMILES string of the molecule is O=C(O)c1cn(CC(=O)N2CCCSCC2)nn1. The van der Waals surface area contributed by atoms with E-state index in [4.69, 9.17) is 5.11 Å². The van der Waals surface area contributed by atoms with Gasteiger partial charge in [0.15, 0.2) is 5.69 Å². The Bertz CT molecular complexity index is 440. The van der Waals surface area contributed by atoms with E-state index in [1.54, 1.807) is 4.90 Å². The highest BCUT2D eigenvalue weighted by molar-refractivity contribution is 7.99. The molecule has 2 heterocycles. The van der Waals surface area contributed by atoms with Crippen LogP contribution in [0.1, 0.15) is 16.9 Å². The molecule has 1 aliphatic rings. The molecule has 0 aliphatic carbocycles. The molecule has 1 aliphatic heterocycles. The van der Waals surface area contributed by atoms with Crippen LogP contribution in [0.4, 0.5) is 0 Å². The van der Waals surface area contributed by atoms with E-state index in [0.717, 1.165) is 31.0 Å². The lowest BCUT2D eigenvalue weighted by molar-refractivity contribution is -0.131. The van der Waals surface area contributed by atoms with E-state index in [1.807, 2.05) is 11.8 Å². The van der Waals surface area contributed by atoms with Gasteiger partial charge in [0.2, 0.25) is 5.91 Å². The zero-order valence-corrected chi connectivity index (χ0v) is 10.6. The predicted octanol–water partition coefficient (Wildman–Crippen LogP) is -0.0582. The number of carbonyl (C=O) groups excluding carboxylic acids is 1. The van der Waals surface area contributed by atoms with Crippen molar-refractivity contribution in [2.45, 2.75) is 13.0 Å². The molecular weight excluding hydrogens is 256 g/mol. The lowest BCUT2D eigenvalue weighted by atomic mass is 10.4. The number of thioether (sulfide) groups is 1. The number of carboxylic acid groups (broad SMARTS) is 1. The first-order valence-electron chi connectivity index (χ1n) is 5.66. The quantitative estimate of drug-likeness (QED) is 0.828. The fourth-order valence-electron chi connectivity index (χ4n) is 1.71. The minimum atomic E-state index is -1.14. The van der Waals surface area contributed by atoms with Gasteiger partial charge < -0.3 is 10.0 Å². The molecule has 0 bridgehead atoms. The Morgan fingerprint density at radius 3 is 2.94 bits per heavy atom. The first kappa shape index (κ1) is 12.9. The summed E-state index contributed by atoms with van der Waals surface area (Å²) in [5.74, 6) is 0.846. The Kier molecular flexibility index (Phi) is 4.19. The maximum Gasteiger partial charge on any atom is 0.358 e. The monoisotopic (exact) mass is 270 g/mol. The van der Waals surface area contributed by atoms with E-state index < -0.39 is 5.97 Å². The van der Waals surface area contributed by atoms with Crippen LogP contribution in [0, 0.1) is 0 Å². The van der Waals surface area contributed by atoms with Crippen molar-refractivity contribution >= 4 is 23.6 Å².